The van der Waals surface area contributed by atoms with E-state index in [9.17, 15) is 0 Å². The van der Waals surface area contributed by atoms with Crippen molar-refractivity contribution in [3.05, 3.63) is 24.0 Å². The molecule has 0 aliphatic heterocycles. The van der Waals surface area contributed by atoms with Crippen molar-refractivity contribution in [3.8, 4) is 5.75 Å². The predicted octanol–water partition coefficient (Wildman–Crippen LogP) is 1.41. The molecular formula is C11H15NO2. The van der Waals surface area contributed by atoms with Crippen molar-refractivity contribution in [2.45, 2.75) is 19.3 Å². The van der Waals surface area contributed by atoms with Crippen molar-refractivity contribution < 1.29 is 9.84 Å². The molecule has 1 N–H and O–H groups in total. The van der Waals surface area contributed by atoms with Gasteiger partial charge in [-0.3, -0.25) is 4.98 Å². The Morgan fingerprint density at radius 1 is 1.50 bits per heavy atom. The Morgan fingerprint density at radius 2 is 2.29 bits per heavy atom. The lowest BCUT2D eigenvalue weighted by Crippen LogP contribution is -2.10. The molecule has 1 aliphatic carbocycles. The second kappa shape index (κ2) is 3.58. The van der Waals surface area contributed by atoms with Crippen LogP contribution in [0, 0.1) is 5.41 Å². The normalized spacial score (nSPS) is 17.9. The van der Waals surface area contributed by atoms with E-state index in [2.05, 4.69) is 4.98 Å². The van der Waals surface area contributed by atoms with E-state index in [1.54, 1.807) is 13.3 Å². The highest BCUT2D eigenvalue weighted by Crippen LogP contribution is 2.47. The zero-order valence-corrected chi connectivity index (χ0v) is 8.36. The molecule has 3 heteroatoms. The fourth-order valence-electron chi connectivity index (χ4n) is 1.59. The molecule has 0 unspecified atom stereocenters. The van der Waals surface area contributed by atoms with Crippen LogP contribution in [0.2, 0.25) is 0 Å². The molecule has 0 atom stereocenters. The average molecular weight is 193 g/mol. The third-order valence-electron chi connectivity index (χ3n) is 2.88. The molecule has 1 aliphatic rings. The van der Waals surface area contributed by atoms with E-state index in [0.29, 0.717) is 0 Å². The summed E-state index contributed by atoms with van der Waals surface area (Å²) in [6.45, 7) is 0.278. The number of rotatable bonds is 4. The molecule has 0 aromatic carbocycles. The third-order valence-corrected chi connectivity index (χ3v) is 2.88. The van der Waals surface area contributed by atoms with Crippen LogP contribution >= 0.6 is 0 Å². The Labute approximate surface area is 83.7 Å². The van der Waals surface area contributed by atoms with Crippen molar-refractivity contribution in [1.82, 2.24) is 4.98 Å². The Balaban J connectivity index is 2.03. The van der Waals surface area contributed by atoms with Gasteiger partial charge in [-0.15, -0.1) is 0 Å². The standard InChI is InChI=1S/C11H15NO2/c1-14-10-3-2-9(12-7-10)6-11(8-13)4-5-11/h2-3,7,13H,4-6,8H2,1H3. The lowest BCUT2D eigenvalue weighted by Gasteiger charge is -2.10. The Morgan fingerprint density at radius 3 is 2.71 bits per heavy atom. The van der Waals surface area contributed by atoms with Crippen molar-refractivity contribution in [1.29, 1.82) is 0 Å². The van der Waals surface area contributed by atoms with Crippen LogP contribution in [-0.4, -0.2) is 23.8 Å². The van der Waals surface area contributed by atoms with Gasteiger partial charge in [0.2, 0.25) is 0 Å². The number of aromatic nitrogens is 1. The van der Waals surface area contributed by atoms with Gasteiger partial charge in [0.25, 0.3) is 0 Å². The summed E-state index contributed by atoms with van der Waals surface area (Å²) in [6.07, 6.45) is 4.85. The number of methoxy groups -OCH3 is 1. The maximum Gasteiger partial charge on any atom is 0.137 e. The minimum Gasteiger partial charge on any atom is -0.495 e. The van der Waals surface area contributed by atoms with Gasteiger partial charge in [-0.1, -0.05) is 0 Å². The molecule has 0 amide bonds. The second-order valence-electron chi connectivity index (χ2n) is 4.02. The van der Waals surface area contributed by atoms with E-state index in [-0.39, 0.29) is 12.0 Å². The molecule has 3 nitrogen and oxygen atoms in total. The smallest absolute Gasteiger partial charge is 0.137 e. The first kappa shape index (κ1) is 9.46. The minimum atomic E-state index is 0.140. The summed E-state index contributed by atoms with van der Waals surface area (Å²) in [5, 5.41) is 9.17. The molecule has 1 heterocycles. The van der Waals surface area contributed by atoms with E-state index >= 15 is 0 Å². The van der Waals surface area contributed by atoms with Crippen LogP contribution in [0.15, 0.2) is 18.3 Å². The summed E-state index contributed by atoms with van der Waals surface area (Å²) in [7, 11) is 1.63. The predicted molar refractivity (Wildman–Crippen MR) is 53.2 cm³/mol. The molecule has 14 heavy (non-hydrogen) atoms. The second-order valence-corrected chi connectivity index (χ2v) is 4.02. The topological polar surface area (TPSA) is 42.4 Å². The highest BCUT2D eigenvalue weighted by molar-refractivity contribution is 5.21. The van der Waals surface area contributed by atoms with Crippen molar-refractivity contribution in [3.63, 3.8) is 0 Å². The molecule has 0 saturated heterocycles. The van der Waals surface area contributed by atoms with Crippen LogP contribution in [0.25, 0.3) is 0 Å². The fourth-order valence-corrected chi connectivity index (χ4v) is 1.59. The van der Waals surface area contributed by atoms with Crippen LogP contribution < -0.4 is 4.74 Å². The van der Waals surface area contributed by atoms with E-state index in [4.69, 9.17) is 9.84 Å². The first-order chi connectivity index (χ1) is 6.78. The van der Waals surface area contributed by atoms with Crippen LogP contribution in [-0.2, 0) is 6.42 Å². The Kier molecular flexibility index (Phi) is 2.42. The van der Waals surface area contributed by atoms with Gasteiger partial charge in [0.05, 0.1) is 13.3 Å². The number of aliphatic hydroxyl groups excluding tert-OH is 1. The SMILES string of the molecule is COc1ccc(CC2(CO)CC2)nc1. The summed E-state index contributed by atoms with van der Waals surface area (Å²) in [5.41, 5.74) is 1.18. The fraction of sp³-hybridized carbons (Fsp3) is 0.545. The minimum absolute atomic E-state index is 0.140. The third kappa shape index (κ3) is 1.87. The zero-order valence-electron chi connectivity index (χ0n) is 8.36. The molecule has 0 radical (unpaired) electrons. The van der Waals surface area contributed by atoms with Gasteiger partial charge in [0.15, 0.2) is 0 Å². The van der Waals surface area contributed by atoms with E-state index in [1.165, 1.54) is 0 Å². The van der Waals surface area contributed by atoms with Gasteiger partial charge in [0, 0.05) is 12.3 Å². The maximum atomic E-state index is 9.17. The molecule has 0 spiro atoms. The molecule has 1 fully saturated rings. The Hall–Kier alpha value is -1.09. The Bertz CT molecular complexity index is 304. The summed E-state index contributed by atoms with van der Waals surface area (Å²) in [5.74, 6) is 0.780. The lowest BCUT2D eigenvalue weighted by molar-refractivity contribution is 0.210. The van der Waals surface area contributed by atoms with Crippen LogP contribution in [0.3, 0.4) is 0 Å². The molecule has 1 aromatic rings. The average Bonchev–Trinajstić information content (AvgIpc) is 3.00. The molecule has 1 aromatic heterocycles. The van der Waals surface area contributed by atoms with Gasteiger partial charge in [0.1, 0.15) is 5.75 Å². The van der Waals surface area contributed by atoms with Crippen LogP contribution in [0.4, 0.5) is 0 Å². The van der Waals surface area contributed by atoms with E-state index < -0.39 is 0 Å². The highest BCUT2D eigenvalue weighted by Gasteiger charge is 2.42. The van der Waals surface area contributed by atoms with Crippen LogP contribution in [0.1, 0.15) is 18.5 Å². The number of aliphatic hydroxyl groups is 1. The van der Waals surface area contributed by atoms with Crippen LogP contribution in [0.5, 0.6) is 5.75 Å². The zero-order chi connectivity index (χ0) is 10.0. The van der Waals surface area contributed by atoms with Gasteiger partial charge in [-0.25, -0.2) is 0 Å². The number of nitrogens with zero attached hydrogens (tertiary/aromatic N) is 1. The summed E-state index contributed by atoms with van der Waals surface area (Å²) >= 11 is 0. The van der Waals surface area contributed by atoms with Gasteiger partial charge < -0.3 is 9.84 Å². The molecule has 1 saturated carbocycles. The highest BCUT2D eigenvalue weighted by atomic mass is 16.5. The largest absolute Gasteiger partial charge is 0.495 e. The maximum absolute atomic E-state index is 9.17. The number of ether oxygens (including phenoxy) is 1. The van der Waals surface area contributed by atoms with Gasteiger partial charge >= 0.3 is 0 Å². The first-order valence-corrected chi connectivity index (χ1v) is 4.88. The van der Waals surface area contributed by atoms with Gasteiger partial charge in [-0.2, -0.15) is 0 Å². The summed E-state index contributed by atoms with van der Waals surface area (Å²) in [4.78, 5) is 4.29. The molecular weight excluding hydrogens is 178 g/mol. The molecule has 0 bridgehead atoms. The molecule has 2 rings (SSSR count). The van der Waals surface area contributed by atoms with E-state index in [0.717, 1.165) is 30.7 Å². The molecule has 76 valence electrons. The van der Waals surface area contributed by atoms with Crippen molar-refractivity contribution in [2.75, 3.05) is 13.7 Å². The summed E-state index contributed by atoms with van der Waals surface area (Å²) < 4.78 is 5.03. The quantitative estimate of drug-likeness (QED) is 0.786. The van der Waals surface area contributed by atoms with Crippen molar-refractivity contribution in [2.24, 2.45) is 5.41 Å². The number of pyridine rings is 1. The van der Waals surface area contributed by atoms with E-state index in [1.807, 2.05) is 12.1 Å². The number of hydrogen-bond acceptors (Lipinski definition) is 3. The summed E-state index contributed by atoms with van der Waals surface area (Å²) in [6, 6.07) is 3.88. The van der Waals surface area contributed by atoms with Gasteiger partial charge in [-0.05, 0) is 36.8 Å². The van der Waals surface area contributed by atoms with Crippen molar-refractivity contribution >= 4 is 0 Å². The lowest BCUT2D eigenvalue weighted by atomic mass is 10.0. The first-order valence-electron chi connectivity index (χ1n) is 4.88. The number of hydrogen-bond donors (Lipinski definition) is 1. The monoisotopic (exact) mass is 193 g/mol.